The first kappa shape index (κ1) is 15.8. The number of hydrogen-bond donors (Lipinski definition) is 1. The molecule has 0 aliphatic carbocycles. The van der Waals surface area contributed by atoms with E-state index in [0.717, 1.165) is 35.7 Å². The molecule has 108 valence electrons. The smallest absolute Gasteiger partial charge is 0.0798 e. The van der Waals surface area contributed by atoms with Crippen molar-refractivity contribution >= 4 is 34.5 Å². The summed E-state index contributed by atoms with van der Waals surface area (Å²) in [5.41, 5.74) is 4.10. The number of nitrogens with zero attached hydrogens (tertiary/aromatic N) is 1. The molecule has 1 aromatic carbocycles. The molecule has 0 aliphatic heterocycles. The SMILES string of the molecule is CCCNC(Cc1ccc(Cl)cc1Cl)c1scnc1C. The van der Waals surface area contributed by atoms with Crippen LogP contribution in [0, 0.1) is 6.92 Å². The monoisotopic (exact) mass is 328 g/mol. The molecule has 1 atom stereocenters. The Hall–Kier alpha value is -0.610. The van der Waals surface area contributed by atoms with Crippen LogP contribution in [-0.4, -0.2) is 11.5 Å². The Morgan fingerprint density at radius 3 is 2.75 bits per heavy atom. The molecule has 20 heavy (non-hydrogen) atoms. The van der Waals surface area contributed by atoms with Crippen LogP contribution in [0.15, 0.2) is 23.7 Å². The molecular formula is C15H18Cl2N2S. The lowest BCUT2D eigenvalue weighted by molar-refractivity contribution is 0.534. The number of halogens is 2. The summed E-state index contributed by atoms with van der Waals surface area (Å²) in [6.07, 6.45) is 1.95. The summed E-state index contributed by atoms with van der Waals surface area (Å²) in [4.78, 5) is 5.63. The predicted molar refractivity (Wildman–Crippen MR) is 88.1 cm³/mol. The largest absolute Gasteiger partial charge is 0.309 e. The van der Waals surface area contributed by atoms with Gasteiger partial charge in [0.15, 0.2) is 0 Å². The lowest BCUT2D eigenvalue weighted by Crippen LogP contribution is -2.24. The summed E-state index contributed by atoms with van der Waals surface area (Å²) < 4.78 is 0. The molecule has 0 saturated carbocycles. The Morgan fingerprint density at radius 2 is 2.15 bits per heavy atom. The van der Waals surface area contributed by atoms with E-state index in [1.54, 1.807) is 17.4 Å². The minimum absolute atomic E-state index is 0.251. The molecule has 1 aromatic heterocycles. The van der Waals surface area contributed by atoms with Gasteiger partial charge >= 0.3 is 0 Å². The average Bonchev–Trinajstić information content (AvgIpc) is 2.83. The molecule has 1 N–H and O–H groups in total. The van der Waals surface area contributed by atoms with E-state index in [1.165, 1.54) is 4.88 Å². The third-order valence-electron chi connectivity index (χ3n) is 3.18. The lowest BCUT2D eigenvalue weighted by Gasteiger charge is -2.18. The number of thiazole rings is 1. The average molecular weight is 329 g/mol. The van der Waals surface area contributed by atoms with Crippen LogP contribution in [-0.2, 0) is 6.42 Å². The van der Waals surface area contributed by atoms with Gasteiger partial charge in [-0.2, -0.15) is 0 Å². The molecular weight excluding hydrogens is 311 g/mol. The summed E-state index contributed by atoms with van der Waals surface area (Å²) in [6, 6.07) is 5.94. The lowest BCUT2D eigenvalue weighted by atomic mass is 10.0. The van der Waals surface area contributed by atoms with Crippen LogP contribution in [0.3, 0.4) is 0 Å². The molecule has 2 nitrogen and oxygen atoms in total. The minimum atomic E-state index is 0.251. The first-order chi connectivity index (χ1) is 9.61. The summed E-state index contributed by atoms with van der Waals surface area (Å²) in [7, 11) is 0. The van der Waals surface area contributed by atoms with Gasteiger partial charge in [-0.1, -0.05) is 36.2 Å². The highest BCUT2D eigenvalue weighted by Gasteiger charge is 2.17. The second-order valence-electron chi connectivity index (χ2n) is 4.75. The summed E-state index contributed by atoms with van der Waals surface area (Å²) in [6.45, 7) is 5.20. The van der Waals surface area contributed by atoms with E-state index in [-0.39, 0.29) is 6.04 Å². The Bertz CT molecular complexity index is 569. The molecule has 0 bridgehead atoms. The van der Waals surface area contributed by atoms with E-state index in [0.29, 0.717) is 5.02 Å². The molecule has 0 spiro atoms. The minimum Gasteiger partial charge on any atom is -0.309 e. The zero-order valence-electron chi connectivity index (χ0n) is 11.6. The topological polar surface area (TPSA) is 24.9 Å². The van der Waals surface area contributed by atoms with Crippen LogP contribution >= 0.6 is 34.5 Å². The van der Waals surface area contributed by atoms with Gasteiger partial charge in [0.2, 0.25) is 0 Å². The van der Waals surface area contributed by atoms with E-state index in [1.807, 2.05) is 17.6 Å². The molecule has 2 rings (SSSR count). The Kier molecular flexibility index (Phi) is 5.85. The maximum absolute atomic E-state index is 6.28. The van der Waals surface area contributed by atoms with Crippen molar-refractivity contribution in [3.63, 3.8) is 0 Å². The van der Waals surface area contributed by atoms with Crippen LogP contribution in [0.5, 0.6) is 0 Å². The fraction of sp³-hybridized carbons (Fsp3) is 0.400. The van der Waals surface area contributed by atoms with E-state index < -0.39 is 0 Å². The normalized spacial score (nSPS) is 12.6. The third kappa shape index (κ3) is 3.95. The van der Waals surface area contributed by atoms with Gasteiger partial charge in [0.25, 0.3) is 0 Å². The van der Waals surface area contributed by atoms with Gasteiger partial charge in [0, 0.05) is 21.0 Å². The zero-order chi connectivity index (χ0) is 14.5. The maximum Gasteiger partial charge on any atom is 0.0798 e. The van der Waals surface area contributed by atoms with Crippen molar-refractivity contribution in [2.45, 2.75) is 32.7 Å². The third-order valence-corrected chi connectivity index (χ3v) is 4.81. The number of hydrogen-bond acceptors (Lipinski definition) is 3. The van der Waals surface area contributed by atoms with Crippen LogP contribution < -0.4 is 5.32 Å². The summed E-state index contributed by atoms with van der Waals surface area (Å²) >= 11 is 13.9. The van der Waals surface area contributed by atoms with Crippen molar-refractivity contribution < 1.29 is 0 Å². The van der Waals surface area contributed by atoms with E-state index in [2.05, 4.69) is 24.1 Å². The van der Waals surface area contributed by atoms with Crippen LogP contribution in [0.25, 0.3) is 0 Å². The van der Waals surface area contributed by atoms with E-state index in [4.69, 9.17) is 23.2 Å². The highest BCUT2D eigenvalue weighted by atomic mass is 35.5. The van der Waals surface area contributed by atoms with Gasteiger partial charge in [-0.05, 0) is 44.0 Å². The van der Waals surface area contributed by atoms with Gasteiger partial charge in [-0.3, -0.25) is 0 Å². The quantitative estimate of drug-likeness (QED) is 0.803. The molecule has 0 amide bonds. The Balaban J connectivity index is 2.21. The van der Waals surface area contributed by atoms with Gasteiger partial charge < -0.3 is 5.32 Å². The number of aromatic nitrogens is 1. The van der Waals surface area contributed by atoms with Crippen molar-refractivity contribution in [3.05, 3.63) is 49.9 Å². The number of benzene rings is 1. The van der Waals surface area contributed by atoms with Crippen molar-refractivity contribution in [2.24, 2.45) is 0 Å². The highest BCUT2D eigenvalue weighted by Crippen LogP contribution is 2.29. The first-order valence-electron chi connectivity index (χ1n) is 6.69. The van der Waals surface area contributed by atoms with Crippen LogP contribution in [0.2, 0.25) is 10.0 Å². The Morgan fingerprint density at radius 1 is 1.35 bits per heavy atom. The summed E-state index contributed by atoms with van der Waals surface area (Å²) in [5.74, 6) is 0. The molecule has 0 aliphatic rings. The number of nitrogens with one attached hydrogen (secondary N) is 1. The van der Waals surface area contributed by atoms with Crippen molar-refractivity contribution in [2.75, 3.05) is 6.54 Å². The predicted octanol–water partition coefficient (Wildman–Crippen LogP) is 5.04. The highest BCUT2D eigenvalue weighted by molar-refractivity contribution is 7.09. The Labute approximate surface area is 134 Å². The van der Waals surface area contributed by atoms with E-state index in [9.17, 15) is 0 Å². The van der Waals surface area contributed by atoms with Gasteiger partial charge in [0.1, 0.15) is 0 Å². The molecule has 0 radical (unpaired) electrons. The summed E-state index contributed by atoms with van der Waals surface area (Å²) in [5, 5.41) is 4.98. The number of rotatable bonds is 6. The number of aryl methyl sites for hydroxylation is 1. The molecule has 1 unspecified atom stereocenters. The van der Waals surface area contributed by atoms with Gasteiger partial charge in [-0.25, -0.2) is 4.98 Å². The molecule has 5 heteroatoms. The standard InChI is InChI=1S/C15H18Cl2N2S/c1-3-6-18-14(15-10(2)19-9-20-15)7-11-4-5-12(16)8-13(11)17/h4-5,8-9,14,18H,3,6-7H2,1-2H3. The first-order valence-corrected chi connectivity index (χ1v) is 8.32. The fourth-order valence-corrected chi connectivity index (χ4v) is 3.49. The van der Waals surface area contributed by atoms with E-state index >= 15 is 0 Å². The molecule has 1 heterocycles. The molecule has 2 aromatic rings. The maximum atomic E-state index is 6.28. The fourth-order valence-electron chi connectivity index (χ4n) is 2.13. The van der Waals surface area contributed by atoms with Crippen LogP contribution in [0.1, 0.15) is 35.5 Å². The second kappa shape index (κ2) is 7.41. The molecule has 0 saturated heterocycles. The van der Waals surface area contributed by atoms with Gasteiger partial charge in [0.05, 0.1) is 11.2 Å². The van der Waals surface area contributed by atoms with Crippen molar-refractivity contribution in [1.29, 1.82) is 0 Å². The second-order valence-corrected chi connectivity index (χ2v) is 6.48. The van der Waals surface area contributed by atoms with Crippen LogP contribution in [0.4, 0.5) is 0 Å². The van der Waals surface area contributed by atoms with Gasteiger partial charge in [-0.15, -0.1) is 11.3 Å². The van der Waals surface area contributed by atoms with Crippen molar-refractivity contribution in [3.8, 4) is 0 Å². The molecule has 0 fully saturated rings. The zero-order valence-corrected chi connectivity index (χ0v) is 13.9. The van der Waals surface area contributed by atoms with Crippen molar-refractivity contribution in [1.82, 2.24) is 10.3 Å².